The van der Waals surface area contributed by atoms with Crippen LogP contribution in [0.1, 0.15) is 26.7 Å². The van der Waals surface area contributed by atoms with Crippen molar-refractivity contribution in [2.75, 3.05) is 5.33 Å². The van der Waals surface area contributed by atoms with Crippen LogP contribution in [-0.2, 0) is 0 Å². The summed E-state index contributed by atoms with van der Waals surface area (Å²) in [5, 5.41) is 0.654. The first-order valence-corrected chi connectivity index (χ1v) is 5.11. The van der Waals surface area contributed by atoms with Crippen LogP contribution < -0.4 is 0 Å². The molecule has 0 saturated carbocycles. The van der Waals surface area contributed by atoms with Crippen LogP contribution in [0.4, 0.5) is 13.2 Å². The van der Waals surface area contributed by atoms with E-state index in [1.807, 2.05) is 13.8 Å². The maximum atomic E-state index is 11.8. The van der Waals surface area contributed by atoms with Gasteiger partial charge in [-0.3, -0.25) is 0 Å². The van der Waals surface area contributed by atoms with Crippen molar-refractivity contribution in [2.24, 2.45) is 11.8 Å². The van der Waals surface area contributed by atoms with Gasteiger partial charge in [-0.25, -0.2) is 0 Å². The third-order valence-electron chi connectivity index (χ3n) is 1.94. The summed E-state index contributed by atoms with van der Waals surface area (Å²) in [6.07, 6.45) is -4.44. The maximum absolute atomic E-state index is 11.8. The molecule has 0 rings (SSSR count). The molecule has 0 saturated heterocycles. The van der Waals surface area contributed by atoms with Crippen molar-refractivity contribution < 1.29 is 13.2 Å². The Hall–Kier alpha value is 0.270. The first-order valence-electron chi connectivity index (χ1n) is 3.99. The average Bonchev–Trinajstić information content (AvgIpc) is 1.85. The number of rotatable bonds is 4. The molecule has 12 heavy (non-hydrogen) atoms. The lowest BCUT2D eigenvalue weighted by atomic mass is 9.93. The molecule has 1 unspecified atom stereocenters. The standard InChI is InChI=1S/C8H14BrF3/c1-6(2)7(5-9)3-4-8(10,11)12/h6-7H,3-5H2,1-2H3. The highest BCUT2D eigenvalue weighted by Gasteiger charge is 2.28. The summed E-state index contributed by atoms with van der Waals surface area (Å²) in [6.45, 7) is 3.89. The van der Waals surface area contributed by atoms with Crippen molar-refractivity contribution in [3.63, 3.8) is 0 Å². The van der Waals surface area contributed by atoms with E-state index in [0.717, 1.165) is 0 Å². The van der Waals surface area contributed by atoms with Crippen LogP contribution in [-0.4, -0.2) is 11.5 Å². The van der Waals surface area contributed by atoms with Gasteiger partial charge in [0.2, 0.25) is 0 Å². The van der Waals surface area contributed by atoms with E-state index < -0.39 is 12.6 Å². The van der Waals surface area contributed by atoms with Crippen molar-refractivity contribution in [3.8, 4) is 0 Å². The zero-order valence-corrected chi connectivity index (χ0v) is 8.87. The fourth-order valence-corrected chi connectivity index (χ4v) is 2.01. The lowest BCUT2D eigenvalue weighted by Gasteiger charge is -2.18. The molecule has 74 valence electrons. The largest absolute Gasteiger partial charge is 0.389 e. The molecular formula is C8H14BrF3. The topological polar surface area (TPSA) is 0 Å². The summed E-state index contributed by atoms with van der Waals surface area (Å²) < 4.78 is 35.4. The predicted molar refractivity (Wildman–Crippen MR) is 47.4 cm³/mol. The van der Waals surface area contributed by atoms with E-state index in [1.165, 1.54) is 0 Å². The van der Waals surface area contributed by atoms with Gasteiger partial charge in [-0.15, -0.1) is 0 Å². The second-order valence-corrected chi connectivity index (χ2v) is 3.96. The Morgan fingerprint density at radius 3 is 2.00 bits per heavy atom. The smallest absolute Gasteiger partial charge is 0.171 e. The molecule has 0 bridgehead atoms. The molecule has 0 N–H and O–H groups in total. The van der Waals surface area contributed by atoms with Crippen molar-refractivity contribution >= 4 is 15.9 Å². The van der Waals surface area contributed by atoms with Gasteiger partial charge in [0.05, 0.1) is 0 Å². The number of alkyl halides is 4. The van der Waals surface area contributed by atoms with Crippen LogP contribution in [0.25, 0.3) is 0 Å². The predicted octanol–water partition coefficient (Wildman–Crippen LogP) is 4.00. The minimum Gasteiger partial charge on any atom is -0.171 e. The minimum absolute atomic E-state index is 0.131. The summed E-state index contributed by atoms with van der Waals surface area (Å²) >= 11 is 3.22. The SMILES string of the molecule is CC(C)C(CBr)CCC(F)(F)F. The second kappa shape index (κ2) is 5.10. The molecular weight excluding hydrogens is 233 g/mol. The Bertz CT molecular complexity index is 120. The van der Waals surface area contributed by atoms with E-state index in [1.54, 1.807) is 0 Å². The van der Waals surface area contributed by atoms with Gasteiger partial charge in [0.25, 0.3) is 0 Å². The lowest BCUT2D eigenvalue weighted by molar-refractivity contribution is -0.137. The molecule has 0 aliphatic carbocycles. The summed E-state index contributed by atoms with van der Waals surface area (Å²) in [7, 11) is 0. The average molecular weight is 247 g/mol. The van der Waals surface area contributed by atoms with Crippen LogP contribution >= 0.6 is 15.9 Å². The minimum atomic E-state index is -4.00. The van der Waals surface area contributed by atoms with Gasteiger partial charge < -0.3 is 0 Å². The molecule has 0 fully saturated rings. The number of hydrogen-bond acceptors (Lipinski definition) is 0. The van der Waals surface area contributed by atoms with Crippen molar-refractivity contribution in [1.29, 1.82) is 0 Å². The van der Waals surface area contributed by atoms with Gasteiger partial charge in [0, 0.05) is 11.8 Å². The van der Waals surface area contributed by atoms with Gasteiger partial charge in [-0.05, 0) is 18.3 Å². The van der Waals surface area contributed by atoms with E-state index >= 15 is 0 Å². The molecule has 0 aromatic carbocycles. The van der Waals surface area contributed by atoms with Gasteiger partial charge in [-0.2, -0.15) is 13.2 Å². The third kappa shape index (κ3) is 5.86. The van der Waals surface area contributed by atoms with Gasteiger partial charge in [-0.1, -0.05) is 29.8 Å². The lowest BCUT2D eigenvalue weighted by Crippen LogP contribution is -2.15. The van der Waals surface area contributed by atoms with E-state index in [9.17, 15) is 13.2 Å². The Balaban J connectivity index is 3.73. The number of halogens is 4. The van der Waals surface area contributed by atoms with E-state index in [-0.39, 0.29) is 12.3 Å². The molecule has 1 atom stereocenters. The van der Waals surface area contributed by atoms with Crippen LogP contribution in [0.2, 0.25) is 0 Å². The van der Waals surface area contributed by atoms with E-state index in [4.69, 9.17) is 0 Å². The van der Waals surface area contributed by atoms with Crippen molar-refractivity contribution in [1.82, 2.24) is 0 Å². The van der Waals surface area contributed by atoms with Gasteiger partial charge >= 0.3 is 6.18 Å². The van der Waals surface area contributed by atoms with Crippen molar-refractivity contribution in [2.45, 2.75) is 32.9 Å². The summed E-state index contributed by atoms with van der Waals surface area (Å²) in [6, 6.07) is 0. The Morgan fingerprint density at radius 1 is 1.25 bits per heavy atom. The zero-order chi connectivity index (χ0) is 9.78. The molecule has 0 radical (unpaired) electrons. The molecule has 0 spiro atoms. The highest BCUT2D eigenvalue weighted by Crippen LogP contribution is 2.27. The molecule has 0 aliphatic heterocycles. The van der Waals surface area contributed by atoms with Gasteiger partial charge in [0.15, 0.2) is 0 Å². The fourth-order valence-electron chi connectivity index (χ4n) is 0.938. The third-order valence-corrected chi connectivity index (χ3v) is 2.77. The molecule has 0 heterocycles. The Kier molecular flexibility index (Phi) is 5.21. The quantitative estimate of drug-likeness (QED) is 0.659. The zero-order valence-electron chi connectivity index (χ0n) is 7.29. The molecule has 0 aromatic heterocycles. The maximum Gasteiger partial charge on any atom is 0.389 e. The molecule has 0 nitrogen and oxygen atoms in total. The highest BCUT2D eigenvalue weighted by atomic mass is 79.9. The Labute approximate surface area is 79.7 Å². The molecule has 0 aliphatic rings. The highest BCUT2D eigenvalue weighted by molar-refractivity contribution is 9.09. The summed E-state index contributed by atoms with van der Waals surface area (Å²) in [4.78, 5) is 0. The van der Waals surface area contributed by atoms with Crippen LogP contribution in [0, 0.1) is 11.8 Å². The van der Waals surface area contributed by atoms with E-state index in [0.29, 0.717) is 11.2 Å². The first-order chi connectivity index (χ1) is 5.37. The Morgan fingerprint density at radius 2 is 1.75 bits per heavy atom. The van der Waals surface area contributed by atoms with Crippen LogP contribution in [0.3, 0.4) is 0 Å². The monoisotopic (exact) mass is 246 g/mol. The summed E-state index contributed by atoms with van der Waals surface area (Å²) in [5.41, 5.74) is 0. The second-order valence-electron chi connectivity index (χ2n) is 3.31. The van der Waals surface area contributed by atoms with Gasteiger partial charge in [0.1, 0.15) is 0 Å². The van der Waals surface area contributed by atoms with E-state index in [2.05, 4.69) is 15.9 Å². The van der Waals surface area contributed by atoms with Crippen LogP contribution in [0.15, 0.2) is 0 Å². The number of hydrogen-bond donors (Lipinski definition) is 0. The molecule has 0 amide bonds. The first kappa shape index (κ1) is 12.3. The summed E-state index contributed by atoms with van der Waals surface area (Å²) in [5.74, 6) is 0.443. The molecule has 4 heteroatoms. The molecule has 0 aromatic rings. The van der Waals surface area contributed by atoms with Crippen LogP contribution in [0.5, 0.6) is 0 Å². The van der Waals surface area contributed by atoms with Crippen molar-refractivity contribution in [3.05, 3.63) is 0 Å². The fraction of sp³-hybridized carbons (Fsp3) is 1.00. The normalized spacial score (nSPS) is 15.2.